The second-order valence-electron chi connectivity index (χ2n) is 20.2. The molecule has 6 aliphatic rings. The number of nitrogens with one attached hydrogen (secondary N) is 3. The number of rotatable bonds is 23. The molecule has 5 amide bonds. The molecule has 8 rings (SSSR count). The van der Waals surface area contributed by atoms with Crippen LogP contribution in [0.1, 0.15) is 136 Å². The minimum absolute atomic E-state index is 0.0453. The van der Waals surface area contributed by atoms with E-state index in [1.807, 2.05) is 13.0 Å². The molecule has 15 heteroatoms. The summed E-state index contributed by atoms with van der Waals surface area (Å²) in [6.07, 6.45) is 11.5. The van der Waals surface area contributed by atoms with E-state index in [1.54, 1.807) is 18.2 Å². The third kappa shape index (κ3) is 11.4. The van der Waals surface area contributed by atoms with Crippen molar-refractivity contribution in [2.45, 2.75) is 121 Å². The largest absolute Gasteiger partial charge is 0.384 e. The molecule has 1 saturated heterocycles. The number of ketones is 1. The predicted molar refractivity (Wildman–Crippen MR) is 269 cm³/mol. The van der Waals surface area contributed by atoms with Gasteiger partial charge in [0.15, 0.2) is 5.78 Å². The van der Waals surface area contributed by atoms with Gasteiger partial charge in [0.05, 0.1) is 37.6 Å². The second kappa shape index (κ2) is 23.3. The molecule has 380 valence electrons. The van der Waals surface area contributed by atoms with Gasteiger partial charge in [0, 0.05) is 81.9 Å². The van der Waals surface area contributed by atoms with Crippen LogP contribution in [0.2, 0.25) is 0 Å². The van der Waals surface area contributed by atoms with E-state index in [0.717, 1.165) is 62.1 Å². The summed E-state index contributed by atoms with van der Waals surface area (Å²) in [4.78, 5) is 78.5. The van der Waals surface area contributed by atoms with Crippen LogP contribution < -0.4 is 20.9 Å². The number of ether oxygens (including phenoxy) is 3. The number of amides is 5. The van der Waals surface area contributed by atoms with Gasteiger partial charge in [-0.1, -0.05) is 36.6 Å². The Balaban J connectivity index is 0.658. The standard InChI is InChI=1S/C56H71N5O10/c1-4-24-56(68)25-23-45-42-19-15-38-35-40(62)18-20-41(38)50(42)44(36-55(45,56)2)37-13-16-39(17-14-37)60(3)28-6-5-12-48(63)58-27-9-30-70-32-34-71-33-31-69-29-8-26-57-46-11-7-10-43-51(46)54(67)61(53(43)66)47-21-22-49(64)59-52(47)65/h7,10-11,13-14,16-17,35,42,44-45,47,57,68H,5-6,8-9,12,15,18-23,25-34,36H2,1-3H3,(H,58,63)(H,59,64,65)/t42-,44+,45?,47?,55-,56-/m0/s1. The van der Waals surface area contributed by atoms with Crippen molar-refractivity contribution in [3.8, 4) is 11.8 Å². The molecule has 2 heterocycles. The van der Waals surface area contributed by atoms with Crippen molar-refractivity contribution >= 4 is 46.7 Å². The number of carbonyl (C=O) groups excluding carboxylic acids is 6. The summed E-state index contributed by atoms with van der Waals surface area (Å²) in [5, 5.41) is 20.4. The molecule has 2 saturated carbocycles. The first-order valence-electron chi connectivity index (χ1n) is 25.9. The Morgan fingerprint density at radius 3 is 2.32 bits per heavy atom. The number of allylic oxidation sites excluding steroid dienone is 4. The Labute approximate surface area is 417 Å². The Morgan fingerprint density at radius 1 is 0.859 bits per heavy atom. The van der Waals surface area contributed by atoms with Crippen LogP contribution in [0, 0.1) is 29.1 Å². The molecule has 3 fully saturated rings. The second-order valence-corrected chi connectivity index (χ2v) is 20.2. The van der Waals surface area contributed by atoms with E-state index in [-0.39, 0.29) is 47.0 Å². The quantitative estimate of drug-likeness (QED) is 0.0545. The van der Waals surface area contributed by atoms with E-state index in [2.05, 4.69) is 70.9 Å². The van der Waals surface area contributed by atoms with E-state index in [0.29, 0.717) is 102 Å². The molecule has 0 bridgehead atoms. The van der Waals surface area contributed by atoms with Gasteiger partial charge in [-0.15, -0.1) is 5.92 Å². The molecule has 4 N–H and O–H groups in total. The number of benzene rings is 2. The van der Waals surface area contributed by atoms with Crippen molar-refractivity contribution in [1.29, 1.82) is 0 Å². The molecule has 2 aromatic carbocycles. The van der Waals surface area contributed by atoms with Crippen molar-refractivity contribution in [1.82, 2.24) is 15.5 Å². The number of carbonyl (C=O) groups is 6. The average molecular weight is 974 g/mol. The molecular formula is C56H71N5O10. The van der Waals surface area contributed by atoms with Crippen LogP contribution >= 0.6 is 0 Å². The first-order valence-corrected chi connectivity index (χ1v) is 25.9. The minimum Gasteiger partial charge on any atom is -0.384 e. The first kappa shape index (κ1) is 51.7. The lowest BCUT2D eigenvalue weighted by Crippen LogP contribution is -2.54. The molecule has 2 aromatic rings. The van der Waals surface area contributed by atoms with E-state index < -0.39 is 35.3 Å². The molecule has 0 radical (unpaired) electrons. The molecule has 15 nitrogen and oxygen atoms in total. The van der Waals surface area contributed by atoms with Crippen molar-refractivity contribution in [3.63, 3.8) is 0 Å². The number of aliphatic hydroxyl groups is 1. The van der Waals surface area contributed by atoms with Gasteiger partial charge in [-0.2, -0.15) is 0 Å². The Morgan fingerprint density at radius 2 is 1.59 bits per heavy atom. The van der Waals surface area contributed by atoms with Gasteiger partial charge in [0.1, 0.15) is 11.6 Å². The van der Waals surface area contributed by atoms with E-state index >= 15 is 0 Å². The topological polar surface area (TPSA) is 193 Å². The van der Waals surface area contributed by atoms with Crippen LogP contribution in [0.5, 0.6) is 0 Å². The Kier molecular flexibility index (Phi) is 16.9. The fourth-order valence-corrected chi connectivity index (χ4v) is 12.2. The Hall–Kier alpha value is -5.66. The SMILES string of the molecule is CC#C[C@]1(O)CCC2[C@@H]3CCC4=CC(=O)CCC4=C3[C@@H](c3ccc(N(C)CCCCC(=O)NCCCOCCOCCOCCCNc4cccc5c4C(=O)N(C4CCC(=O)NC4=O)C5=O)cc3)C[C@@]21C. The summed E-state index contributed by atoms with van der Waals surface area (Å²) in [7, 11) is 2.10. The first-order chi connectivity index (χ1) is 34.3. The van der Waals surface area contributed by atoms with Gasteiger partial charge >= 0.3 is 0 Å². The van der Waals surface area contributed by atoms with Crippen LogP contribution in [0.15, 0.2) is 65.3 Å². The third-order valence-corrected chi connectivity index (χ3v) is 15.9. The smallest absolute Gasteiger partial charge is 0.264 e. The molecule has 2 aliphatic heterocycles. The highest BCUT2D eigenvalue weighted by Crippen LogP contribution is 2.66. The number of nitrogens with zero attached hydrogens (tertiary/aromatic N) is 2. The third-order valence-electron chi connectivity index (χ3n) is 15.9. The maximum atomic E-state index is 13.3. The van der Waals surface area contributed by atoms with Crippen LogP contribution in [0.3, 0.4) is 0 Å². The maximum absolute atomic E-state index is 13.3. The fourth-order valence-electron chi connectivity index (χ4n) is 12.2. The molecule has 4 aliphatic carbocycles. The van der Waals surface area contributed by atoms with Crippen molar-refractivity contribution in [2.75, 3.05) is 76.5 Å². The monoisotopic (exact) mass is 974 g/mol. The molecule has 0 aromatic heterocycles. The van der Waals surface area contributed by atoms with Gasteiger partial charge in [0.2, 0.25) is 17.7 Å². The predicted octanol–water partition coefficient (Wildman–Crippen LogP) is 6.41. The van der Waals surface area contributed by atoms with Crippen LogP contribution in [-0.4, -0.2) is 123 Å². The number of piperidine rings is 1. The number of fused-ring (bicyclic) bond motifs is 5. The van der Waals surface area contributed by atoms with Gasteiger partial charge in [0.25, 0.3) is 11.8 Å². The van der Waals surface area contributed by atoms with Gasteiger partial charge < -0.3 is 34.9 Å². The highest BCUT2D eigenvalue weighted by atomic mass is 16.5. The summed E-state index contributed by atoms with van der Waals surface area (Å²) < 4.78 is 17.0. The van der Waals surface area contributed by atoms with E-state index in [4.69, 9.17) is 14.2 Å². The van der Waals surface area contributed by atoms with Crippen molar-refractivity contribution in [2.24, 2.45) is 17.3 Å². The zero-order valence-corrected chi connectivity index (χ0v) is 41.7. The lowest BCUT2D eigenvalue weighted by atomic mass is 9.51. The number of hydrogen-bond acceptors (Lipinski definition) is 12. The average Bonchev–Trinajstić information content (AvgIpc) is 3.77. The van der Waals surface area contributed by atoms with Gasteiger partial charge in [-0.05, 0) is 136 Å². The molecule has 2 unspecified atom stereocenters. The number of imide groups is 2. The number of anilines is 2. The zero-order valence-electron chi connectivity index (χ0n) is 41.7. The minimum atomic E-state index is -1.01. The fraction of sp³-hybridized carbons (Fsp3) is 0.571. The highest BCUT2D eigenvalue weighted by Gasteiger charge is 2.62. The van der Waals surface area contributed by atoms with Crippen LogP contribution in [0.4, 0.5) is 11.4 Å². The van der Waals surface area contributed by atoms with E-state index in [1.165, 1.54) is 22.3 Å². The zero-order chi connectivity index (χ0) is 50.1. The van der Waals surface area contributed by atoms with E-state index in [9.17, 15) is 33.9 Å². The summed E-state index contributed by atoms with van der Waals surface area (Å²) in [6, 6.07) is 12.9. The molecule has 71 heavy (non-hydrogen) atoms. The molecular weight excluding hydrogens is 903 g/mol. The van der Waals surface area contributed by atoms with Crippen molar-refractivity contribution < 1.29 is 48.1 Å². The normalized spacial score (nSPS) is 25.7. The summed E-state index contributed by atoms with van der Waals surface area (Å²) in [5.41, 5.74) is 6.23. The molecule has 6 atom stereocenters. The summed E-state index contributed by atoms with van der Waals surface area (Å²) >= 11 is 0. The highest BCUT2D eigenvalue weighted by molar-refractivity contribution is 6.25. The molecule has 0 spiro atoms. The van der Waals surface area contributed by atoms with Gasteiger partial charge in [-0.3, -0.25) is 39.0 Å². The summed E-state index contributed by atoms with van der Waals surface area (Å²) in [6.45, 7) is 8.68. The number of unbranched alkanes of at least 4 members (excludes halogenated alkanes) is 1. The van der Waals surface area contributed by atoms with Crippen LogP contribution in [-0.2, 0) is 33.4 Å². The summed E-state index contributed by atoms with van der Waals surface area (Å²) in [5.74, 6) is 5.40. The Bertz CT molecular complexity index is 2470. The van der Waals surface area contributed by atoms with Gasteiger partial charge in [-0.25, -0.2) is 0 Å². The lowest BCUT2D eigenvalue weighted by molar-refractivity contribution is -0.136. The van der Waals surface area contributed by atoms with Crippen molar-refractivity contribution in [3.05, 3.63) is 82.0 Å². The number of hydrogen-bond donors (Lipinski definition) is 4. The lowest BCUT2D eigenvalue weighted by Gasteiger charge is -2.53. The van der Waals surface area contributed by atoms with Crippen LogP contribution in [0.25, 0.3) is 0 Å². The maximum Gasteiger partial charge on any atom is 0.264 e.